The molecule has 0 unspecified atom stereocenters. The highest BCUT2D eigenvalue weighted by molar-refractivity contribution is 5.78. The highest BCUT2D eigenvalue weighted by atomic mass is 16.2. The smallest absolute Gasteiger partial charge is 0.234 e. The first-order valence-electron chi connectivity index (χ1n) is 5.08. The third-order valence-electron chi connectivity index (χ3n) is 2.89. The van der Waals surface area contributed by atoms with Gasteiger partial charge in [-0.25, -0.2) is 0 Å². The topological polar surface area (TPSA) is 44.4 Å². The number of hydrogen-bond acceptors (Lipinski definition) is 3. The Bertz CT molecular complexity index is 189. The summed E-state index contributed by atoms with van der Waals surface area (Å²) in [4.78, 5) is 13.5. The number of rotatable bonds is 1. The van der Waals surface area contributed by atoms with Crippen LogP contribution in [0, 0.1) is 0 Å². The van der Waals surface area contributed by atoms with Crippen molar-refractivity contribution >= 4 is 5.91 Å². The second kappa shape index (κ2) is 4.07. The lowest BCUT2D eigenvalue weighted by atomic mass is 10.0. The fourth-order valence-corrected chi connectivity index (χ4v) is 2.14. The molecule has 2 heterocycles. The van der Waals surface area contributed by atoms with Gasteiger partial charge in [0.1, 0.15) is 0 Å². The van der Waals surface area contributed by atoms with Crippen LogP contribution in [0.25, 0.3) is 0 Å². The maximum atomic E-state index is 11.1. The molecule has 2 rings (SSSR count). The summed E-state index contributed by atoms with van der Waals surface area (Å²) in [6, 6.07) is 0.632. The van der Waals surface area contributed by atoms with Gasteiger partial charge in [0.2, 0.25) is 5.91 Å². The second-order valence-corrected chi connectivity index (χ2v) is 3.80. The molecule has 2 saturated heterocycles. The van der Waals surface area contributed by atoms with Crippen molar-refractivity contribution in [1.29, 1.82) is 0 Å². The first kappa shape index (κ1) is 8.97. The van der Waals surface area contributed by atoms with Crippen molar-refractivity contribution in [3.63, 3.8) is 0 Å². The standard InChI is InChI=1S/C9H17N3O/c13-9-7-12(6-5-11-9)8-1-3-10-4-2-8/h8,10H,1-7H2,(H,11,13). The van der Waals surface area contributed by atoms with Gasteiger partial charge < -0.3 is 10.6 Å². The van der Waals surface area contributed by atoms with E-state index in [9.17, 15) is 4.79 Å². The lowest BCUT2D eigenvalue weighted by molar-refractivity contribution is -0.125. The van der Waals surface area contributed by atoms with Crippen molar-refractivity contribution in [2.24, 2.45) is 0 Å². The molecule has 1 amide bonds. The summed E-state index contributed by atoms with van der Waals surface area (Å²) in [6.07, 6.45) is 2.38. The quantitative estimate of drug-likeness (QED) is 0.558. The van der Waals surface area contributed by atoms with E-state index in [0.717, 1.165) is 26.2 Å². The van der Waals surface area contributed by atoms with Gasteiger partial charge in [-0.1, -0.05) is 0 Å². The first-order valence-corrected chi connectivity index (χ1v) is 5.08. The van der Waals surface area contributed by atoms with Crippen LogP contribution < -0.4 is 10.6 Å². The molecule has 2 aliphatic heterocycles. The van der Waals surface area contributed by atoms with Crippen molar-refractivity contribution in [3.05, 3.63) is 0 Å². The zero-order chi connectivity index (χ0) is 9.10. The molecule has 0 spiro atoms. The van der Waals surface area contributed by atoms with Gasteiger partial charge in [0, 0.05) is 19.1 Å². The predicted molar refractivity (Wildman–Crippen MR) is 50.5 cm³/mol. The molecular weight excluding hydrogens is 166 g/mol. The minimum absolute atomic E-state index is 0.185. The van der Waals surface area contributed by atoms with E-state index in [0.29, 0.717) is 12.6 Å². The zero-order valence-corrected chi connectivity index (χ0v) is 7.88. The highest BCUT2D eigenvalue weighted by Crippen LogP contribution is 2.12. The normalized spacial score (nSPS) is 27.2. The Morgan fingerprint density at radius 2 is 2.00 bits per heavy atom. The molecule has 0 aromatic carbocycles. The second-order valence-electron chi connectivity index (χ2n) is 3.80. The van der Waals surface area contributed by atoms with Gasteiger partial charge >= 0.3 is 0 Å². The number of carbonyl (C=O) groups excluding carboxylic acids is 1. The SMILES string of the molecule is O=C1CN(C2CCNCC2)CCN1. The first-order chi connectivity index (χ1) is 6.36. The van der Waals surface area contributed by atoms with Gasteiger partial charge in [0.05, 0.1) is 6.54 Å². The molecule has 4 heteroatoms. The zero-order valence-electron chi connectivity index (χ0n) is 7.88. The molecule has 74 valence electrons. The predicted octanol–water partition coefficient (Wildman–Crippen LogP) is -0.830. The van der Waals surface area contributed by atoms with E-state index < -0.39 is 0 Å². The Morgan fingerprint density at radius 1 is 1.23 bits per heavy atom. The van der Waals surface area contributed by atoms with Crippen molar-refractivity contribution < 1.29 is 4.79 Å². The van der Waals surface area contributed by atoms with Crippen molar-refractivity contribution in [2.45, 2.75) is 18.9 Å². The number of piperazine rings is 1. The van der Waals surface area contributed by atoms with Crippen LogP contribution in [0.2, 0.25) is 0 Å². The average molecular weight is 183 g/mol. The number of nitrogens with one attached hydrogen (secondary N) is 2. The van der Waals surface area contributed by atoms with E-state index in [1.54, 1.807) is 0 Å². The summed E-state index contributed by atoms with van der Waals surface area (Å²) < 4.78 is 0. The number of nitrogens with zero attached hydrogens (tertiary/aromatic N) is 1. The lowest BCUT2D eigenvalue weighted by Gasteiger charge is -2.36. The van der Waals surface area contributed by atoms with E-state index in [4.69, 9.17) is 0 Å². The lowest BCUT2D eigenvalue weighted by Crippen LogP contribution is -2.53. The van der Waals surface area contributed by atoms with E-state index >= 15 is 0 Å². The van der Waals surface area contributed by atoms with E-state index in [1.165, 1.54) is 12.8 Å². The number of hydrogen-bond donors (Lipinski definition) is 2. The Kier molecular flexibility index (Phi) is 2.80. The van der Waals surface area contributed by atoms with E-state index in [1.807, 2.05) is 0 Å². The molecule has 4 nitrogen and oxygen atoms in total. The van der Waals surface area contributed by atoms with Gasteiger partial charge in [0.25, 0.3) is 0 Å². The maximum absolute atomic E-state index is 11.1. The van der Waals surface area contributed by atoms with Crippen LogP contribution in [0.15, 0.2) is 0 Å². The van der Waals surface area contributed by atoms with E-state index in [-0.39, 0.29) is 5.91 Å². The monoisotopic (exact) mass is 183 g/mol. The fraction of sp³-hybridized carbons (Fsp3) is 0.889. The molecule has 0 aromatic rings. The third-order valence-corrected chi connectivity index (χ3v) is 2.89. The van der Waals surface area contributed by atoms with Gasteiger partial charge in [-0.2, -0.15) is 0 Å². The van der Waals surface area contributed by atoms with Crippen LogP contribution in [0.3, 0.4) is 0 Å². The summed E-state index contributed by atoms with van der Waals surface area (Å²) in [7, 11) is 0. The van der Waals surface area contributed by atoms with E-state index in [2.05, 4.69) is 15.5 Å². The Labute approximate surface area is 78.7 Å². The van der Waals surface area contributed by atoms with Crippen LogP contribution in [0.5, 0.6) is 0 Å². The Morgan fingerprint density at radius 3 is 2.69 bits per heavy atom. The molecular formula is C9H17N3O. The summed E-state index contributed by atoms with van der Waals surface area (Å²) in [5, 5.41) is 6.19. The molecule has 0 atom stereocenters. The number of piperidine rings is 1. The molecule has 0 aliphatic carbocycles. The summed E-state index contributed by atoms with van der Waals surface area (Å²) in [6.45, 7) is 4.65. The summed E-state index contributed by atoms with van der Waals surface area (Å²) in [5.74, 6) is 0.185. The van der Waals surface area contributed by atoms with Crippen LogP contribution in [-0.4, -0.2) is 49.6 Å². The van der Waals surface area contributed by atoms with Gasteiger partial charge in [-0.3, -0.25) is 9.69 Å². The fourth-order valence-electron chi connectivity index (χ4n) is 2.14. The van der Waals surface area contributed by atoms with Crippen LogP contribution in [0.4, 0.5) is 0 Å². The molecule has 0 radical (unpaired) electrons. The minimum Gasteiger partial charge on any atom is -0.354 e. The van der Waals surface area contributed by atoms with Crippen molar-refractivity contribution in [1.82, 2.24) is 15.5 Å². The summed E-state index contributed by atoms with van der Waals surface area (Å²) >= 11 is 0. The number of carbonyl (C=O) groups is 1. The highest BCUT2D eigenvalue weighted by Gasteiger charge is 2.24. The van der Waals surface area contributed by atoms with Crippen LogP contribution >= 0.6 is 0 Å². The molecule has 0 saturated carbocycles. The van der Waals surface area contributed by atoms with Crippen LogP contribution in [-0.2, 0) is 4.79 Å². The van der Waals surface area contributed by atoms with Gasteiger partial charge in [0.15, 0.2) is 0 Å². The summed E-state index contributed by atoms with van der Waals surface area (Å²) in [5.41, 5.74) is 0. The van der Waals surface area contributed by atoms with Crippen molar-refractivity contribution in [3.8, 4) is 0 Å². The Hall–Kier alpha value is -0.610. The number of amides is 1. The average Bonchev–Trinajstić information content (AvgIpc) is 2.19. The third kappa shape index (κ3) is 2.19. The minimum atomic E-state index is 0.185. The maximum Gasteiger partial charge on any atom is 0.234 e. The molecule has 2 aliphatic rings. The molecule has 2 N–H and O–H groups in total. The Balaban J connectivity index is 1.87. The molecule has 13 heavy (non-hydrogen) atoms. The molecule has 0 bridgehead atoms. The molecule has 2 fully saturated rings. The molecule has 0 aromatic heterocycles. The van der Waals surface area contributed by atoms with Crippen molar-refractivity contribution in [2.75, 3.05) is 32.7 Å². The largest absolute Gasteiger partial charge is 0.354 e. The van der Waals surface area contributed by atoms with Gasteiger partial charge in [-0.05, 0) is 25.9 Å². The van der Waals surface area contributed by atoms with Crippen LogP contribution in [0.1, 0.15) is 12.8 Å². The van der Waals surface area contributed by atoms with Gasteiger partial charge in [-0.15, -0.1) is 0 Å².